The third kappa shape index (κ3) is 2.15. The van der Waals surface area contributed by atoms with E-state index in [4.69, 9.17) is 12.2 Å². The van der Waals surface area contributed by atoms with Crippen LogP contribution < -0.4 is 5.32 Å². The lowest BCUT2D eigenvalue weighted by atomic mass is 10.3. The number of hydrogen-bond acceptors (Lipinski definition) is 2. The Kier molecular flexibility index (Phi) is 2.58. The van der Waals surface area contributed by atoms with Crippen LogP contribution in [0, 0.1) is 0 Å². The number of rotatable bonds is 1. The van der Waals surface area contributed by atoms with Crippen LogP contribution in [0.2, 0.25) is 0 Å². The van der Waals surface area contributed by atoms with Crippen LogP contribution in [0.1, 0.15) is 12.8 Å². The van der Waals surface area contributed by atoms with Crippen molar-refractivity contribution in [3.8, 4) is 0 Å². The molecule has 0 aromatic heterocycles. The van der Waals surface area contributed by atoms with E-state index in [1.165, 1.54) is 12.8 Å². The van der Waals surface area contributed by atoms with Crippen molar-refractivity contribution in [3.63, 3.8) is 0 Å². The van der Waals surface area contributed by atoms with Gasteiger partial charge in [0.25, 0.3) is 0 Å². The van der Waals surface area contributed by atoms with Gasteiger partial charge in [0.15, 0.2) is 5.11 Å². The summed E-state index contributed by atoms with van der Waals surface area (Å²) >= 11 is 5.23. The Bertz CT molecular complexity index is 265. The summed E-state index contributed by atoms with van der Waals surface area (Å²) in [7, 11) is 1.83. The van der Waals surface area contributed by atoms with Crippen LogP contribution >= 0.6 is 12.2 Å². The molecule has 0 spiro atoms. The summed E-state index contributed by atoms with van der Waals surface area (Å²) < 4.78 is 0. The quantitative estimate of drug-likeness (QED) is 0.612. The molecule has 2 fully saturated rings. The van der Waals surface area contributed by atoms with Crippen LogP contribution in [-0.2, 0) is 4.79 Å². The molecule has 0 unspecified atom stereocenters. The van der Waals surface area contributed by atoms with Gasteiger partial charge >= 0.3 is 0 Å². The predicted octanol–water partition coefficient (Wildman–Crippen LogP) is -0.203. The SMILES string of the molecule is CN1CCN(C(=S)NC2CC2)CC1=O. The fourth-order valence-corrected chi connectivity index (χ4v) is 1.75. The second-order valence-corrected chi connectivity index (χ2v) is 4.35. The van der Waals surface area contributed by atoms with Gasteiger partial charge < -0.3 is 15.1 Å². The molecule has 14 heavy (non-hydrogen) atoms. The number of carbonyl (C=O) groups is 1. The summed E-state index contributed by atoms with van der Waals surface area (Å²) in [6.07, 6.45) is 2.42. The highest BCUT2D eigenvalue weighted by atomic mass is 32.1. The van der Waals surface area contributed by atoms with Crippen molar-refractivity contribution in [2.45, 2.75) is 18.9 Å². The van der Waals surface area contributed by atoms with Crippen LogP contribution in [0.5, 0.6) is 0 Å². The van der Waals surface area contributed by atoms with Gasteiger partial charge in [-0.15, -0.1) is 0 Å². The van der Waals surface area contributed by atoms with E-state index in [2.05, 4.69) is 5.32 Å². The lowest BCUT2D eigenvalue weighted by Gasteiger charge is -2.33. The van der Waals surface area contributed by atoms with Crippen LogP contribution in [-0.4, -0.2) is 53.5 Å². The number of piperazine rings is 1. The smallest absolute Gasteiger partial charge is 0.241 e. The average molecular weight is 213 g/mol. The minimum atomic E-state index is 0.149. The average Bonchev–Trinajstić information content (AvgIpc) is 2.93. The topological polar surface area (TPSA) is 35.6 Å². The van der Waals surface area contributed by atoms with Gasteiger partial charge in [-0.2, -0.15) is 0 Å². The number of thiocarbonyl (C=S) groups is 1. The minimum Gasteiger partial charge on any atom is -0.360 e. The summed E-state index contributed by atoms with van der Waals surface area (Å²) in [5.74, 6) is 0.149. The molecule has 5 heteroatoms. The van der Waals surface area contributed by atoms with Gasteiger partial charge in [-0.05, 0) is 25.1 Å². The van der Waals surface area contributed by atoms with Crippen LogP contribution in [0.15, 0.2) is 0 Å². The third-order valence-electron chi connectivity index (χ3n) is 2.65. The fourth-order valence-electron chi connectivity index (χ4n) is 1.43. The predicted molar refractivity (Wildman–Crippen MR) is 58.0 cm³/mol. The molecule has 1 amide bonds. The third-order valence-corrected chi connectivity index (χ3v) is 3.03. The van der Waals surface area contributed by atoms with Crippen molar-refractivity contribution in [1.82, 2.24) is 15.1 Å². The van der Waals surface area contributed by atoms with Crippen molar-refractivity contribution in [2.75, 3.05) is 26.7 Å². The van der Waals surface area contributed by atoms with E-state index >= 15 is 0 Å². The number of hydrogen-bond donors (Lipinski definition) is 1. The molecular formula is C9H15N3OS. The number of amides is 1. The van der Waals surface area contributed by atoms with E-state index in [0.29, 0.717) is 12.6 Å². The Hall–Kier alpha value is -0.840. The summed E-state index contributed by atoms with van der Waals surface area (Å²) in [6.45, 7) is 2.04. The van der Waals surface area contributed by atoms with E-state index in [1.54, 1.807) is 4.90 Å². The lowest BCUT2D eigenvalue weighted by molar-refractivity contribution is -0.132. The van der Waals surface area contributed by atoms with Crippen LogP contribution in [0.25, 0.3) is 0 Å². The fraction of sp³-hybridized carbons (Fsp3) is 0.778. The van der Waals surface area contributed by atoms with Crippen LogP contribution in [0.4, 0.5) is 0 Å². The molecule has 0 aromatic rings. The van der Waals surface area contributed by atoms with Gasteiger partial charge in [0.1, 0.15) is 0 Å². The summed E-state index contributed by atoms with van der Waals surface area (Å²) in [5.41, 5.74) is 0. The summed E-state index contributed by atoms with van der Waals surface area (Å²) in [4.78, 5) is 15.1. The van der Waals surface area contributed by atoms with E-state index in [0.717, 1.165) is 18.2 Å². The number of carbonyl (C=O) groups excluding carboxylic acids is 1. The molecule has 2 rings (SSSR count). The molecule has 2 aliphatic rings. The summed E-state index contributed by atoms with van der Waals surface area (Å²) in [6, 6.07) is 0.567. The normalized spacial score (nSPS) is 22.5. The number of nitrogens with zero attached hydrogens (tertiary/aromatic N) is 2. The van der Waals surface area contributed by atoms with Gasteiger partial charge in [0.2, 0.25) is 5.91 Å². The molecule has 0 bridgehead atoms. The maximum atomic E-state index is 11.4. The number of likely N-dealkylation sites (N-methyl/N-ethyl adjacent to an activating group) is 1. The van der Waals surface area contributed by atoms with Gasteiger partial charge in [-0.25, -0.2) is 0 Å². The van der Waals surface area contributed by atoms with Crippen molar-refractivity contribution >= 4 is 23.2 Å². The maximum Gasteiger partial charge on any atom is 0.241 e. The molecular weight excluding hydrogens is 198 g/mol. The Morgan fingerprint density at radius 2 is 2.21 bits per heavy atom. The van der Waals surface area contributed by atoms with Gasteiger partial charge in [-0.1, -0.05) is 0 Å². The second-order valence-electron chi connectivity index (χ2n) is 3.96. The van der Waals surface area contributed by atoms with Gasteiger partial charge in [-0.3, -0.25) is 4.79 Å². The second kappa shape index (κ2) is 3.73. The van der Waals surface area contributed by atoms with Crippen molar-refractivity contribution in [1.29, 1.82) is 0 Å². The zero-order valence-corrected chi connectivity index (χ0v) is 9.14. The standard InChI is InChI=1S/C9H15N3OS/c1-11-4-5-12(6-8(11)13)9(14)10-7-2-3-7/h7H,2-6H2,1H3,(H,10,14). The Morgan fingerprint density at radius 1 is 1.50 bits per heavy atom. The zero-order valence-electron chi connectivity index (χ0n) is 8.32. The first-order valence-electron chi connectivity index (χ1n) is 4.96. The van der Waals surface area contributed by atoms with E-state index < -0.39 is 0 Å². The summed E-state index contributed by atoms with van der Waals surface area (Å²) in [5, 5.41) is 3.99. The monoisotopic (exact) mass is 213 g/mol. The van der Waals surface area contributed by atoms with E-state index in [9.17, 15) is 4.79 Å². The van der Waals surface area contributed by atoms with Crippen molar-refractivity contribution in [3.05, 3.63) is 0 Å². The van der Waals surface area contributed by atoms with Gasteiger partial charge in [0.05, 0.1) is 6.54 Å². The molecule has 1 aliphatic heterocycles. The first-order valence-corrected chi connectivity index (χ1v) is 5.37. The lowest BCUT2D eigenvalue weighted by Crippen LogP contribution is -2.53. The van der Waals surface area contributed by atoms with E-state index in [1.807, 2.05) is 11.9 Å². The molecule has 4 nitrogen and oxygen atoms in total. The first kappa shape index (κ1) is 9.71. The van der Waals surface area contributed by atoms with E-state index in [-0.39, 0.29) is 5.91 Å². The Balaban J connectivity index is 1.85. The Morgan fingerprint density at radius 3 is 2.79 bits per heavy atom. The number of nitrogens with one attached hydrogen (secondary N) is 1. The van der Waals surface area contributed by atoms with Gasteiger partial charge in [0, 0.05) is 26.2 Å². The molecule has 1 N–H and O–H groups in total. The van der Waals surface area contributed by atoms with Crippen LogP contribution in [0.3, 0.4) is 0 Å². The molecule has 1 aliphatic carbocycles. The highest BCUT2D eigenvalue weighted by molar-refractivity contribution is 7.80. The molecule has 1 saturated carbocycles. The first-order chi connectivity index (χ1) is 6.66. The molecule has 0 radical (unpaired) electrons. The highest BCUT2D eigenvalue weighted by Gasteiger charge is 2.27. The molecule has 1 saturated heterocycles. The molecule has 0 atom stereocenters. The highest BCUT2D eigenvalue weighted by Crippen LogP contribution is 2.19. The zero-order chi connectivity index (χ0) is 10.1. The molecule has 78 valence electrons. The maximum absolute atomic E-state index is 11.4. The van der Waals surface area contributed by atoms with Crippen molar-refractivity contribution < 1.29 is 4.79 Å². The Labute approximate surface area is 89.2 Å². The largest absolute Gasteiger partial charge is 0.360 e. The molecule has 0 aromatic carbocycles. The van der Waals surface area contributed by atoms with Crippen molar-refractivity contribution in [2.24, 2.45) is 0 Å². The minimum absolute atomic E-state index is 0.149. The molecule has 1 heterocycles.